The van der Waals surface area contributed by atoms with E-state index in [1.165, 1.54) is 6.33 Å². The van der Waals surface area contributed by atoms with E-state index in [1.54, 1.807) is 12.4 Å². The van der Waals surface area contributed by atoms with Crippen LogP contribution in [0.15, 0.2) is 30.9 Å². The highest BCUT2D eigenvalue weighted by molar-refractivity contribution is 6.00. The van der Waals surface area contributed by atoms with Gasteiger partial charge in [0.1, 0.15) is 6.33 Å². The first-order valence-corrected chi connectivity index (χ1v) is 8.30. The zero-order valence-electron chi connectivity index (χ0n) is 13.7. The van der Waals surface area contributed by atoms with Crippen LogP contribution in [-0.4, -0.2) is 45.7 Å². The summed E-state index contributed by atoms with van der Waals surface area (Å²) < 4.78 is 0. The van der Waals surface area contributed by atoms with E-state index in [0.29, 0.717) is 6.54 Å². The van der Waals surface area contributed by atoms with Crippen molar-refractivity contribution in [2.24, 2.45) is 5.41 Å². The molecule has 124 valence electrons. The first kappa shape index (κ1) is 15.0. The van der Waals surface area contributed by atoms with Gasteiger partial charge < -0.3 is 9.80 Å². The number of carbonyl (C=O) groups is 1. The summed E-state index contributed by atoms with van der Waals surface area (Å²) in [7, 11) is 0. The Balaban J connectivity index is 1.57. The number of hydrogen-bond donors (Lipinski definition) is 0. The third kappa shape index (κ3) is 2.50. The fourth-order valence-electron chi connectivity index (χ4n) is 3.76. The van der Waals surface area contributed by atoms with Crippen molar-refractivity contribution in [3.8, 4) is 0 Å². The number of aryl methyl sites for hydroxylation is 1. The lowest BCUT2D eigenvalue weighted by atomic mass is 9.78. The average molecular weight is 324 g/mol. The minimum Gasteiger partial charge on any atom is -0.354 e. The molecule has 1 amide bonds. The number of nitrogens with zero attached hydrogens (tertiary/aromatic N) is 6. The summed E-state index contributed by atoms with van der Waals surface area (Å²) in [6.07, 6.45) is 7.66. The van der Waals surface area contributed by atoms with Crippen molar-refractivity contribution in [2.75, 3.05) is 29.4 Å². The molecule has 0 radical (unpaired) electrons. The number of amides is 1. The summed E-state index contributed by atoms with van der Waals surface area (Å²) in [4.78, 5) is 25.2. The molecule has 2 aromatic heterocycles. The standard InChI is InChI=1S/C17H20N6O/c1-13-3-4-15(21-20-13)22-7-2-5-17(11-22)6-8-23(16(17)24)14-9-18-12-19-10-14/h3-4,9-10,12H,2,5-8,11H2,1H3/t17-/m0/s1. The van der Waals surface area contributed by atoms with Crippen molar-refractivity contribution < 1.29 is 4.79 Å². The molecule has 2 aliphatic heterocycles. The van der Waals surface area contributed by atoms with E-state index in [2.05, 4.69) is 25.1 Å². The smallest absolute Gasteiger partial charge is 0.235 e. The lowest BCUT2D eigenvalue weighted by Crippen LogP contribution is -2.48. The SMILES string of the molecule is Cc1ccc(N2CCC[C@]3(CCN(c4cncnc4)C3=O)C2)nn1. The summed E-state index contributed by atoms with van der Waals surface area (Å²) in [5.74, 6) is 1.04. The van der Waals surface area contributed by atoms with Gasteiger partial charge in [-0.15, -0.1) is 5.10 Å². The van der Waals surface area contributed by atoms with Crippen LogP contribution in [-0.2, 0) is 4.79 Å². The number of rotatable bonds is 2. The molecule has 7 nitrogen and oxygen atoms in total. The second-order valence-electron chi connectivity index (χ2n) is 6.64. The van der Waals surface area contributed by atoms with Gasteiger partial charge in [-0.3, -0.25) is 4.79 Å². The van der Waals surface area contributed by atoms with E-state index in [-0.39, 0.29) is 11.3 Å². The van der Waals surface area contributed by atoms with Crippen molar-refractivity contribution in [2.45, 2.75) is 26.2 Å². The average Bonchev–Trinajstić information content (AvgIpc) is 2.93. The topological polar surface area (TPSA) is 75.1 Å². The summed E-state index contributed by atoms with van der Waals surface area (Å²) >= 11 is 0. The van der Waals surface area contributed by atoms with Crippen LogP contribution in [0.3, 0.4) is 0 Å². The van der Waals surface area contributed by atoms with Crippen LogP contribution in [0.4, 0.5) is 11.5 Å². The highest BCUT2D eigenvalue weighted by Gasteiger charge is 2.49. The quantitative estimate of drug-likeness (QED) is 0.835. The minimum atomic E-state index is -0.333. The van der Waals surface area contributed by atoms with Gasteiger partial charge in [0.15, 0.2) is 5.82 Å². The van der Waals surface area contributed by atoms with Gasteiger partial charge in [0.05, 0.1) is 29.2 Å². The molecule has 2 fully saturated rings. The molecule has 0 aliphatic carbocycles. The molecule has 4 rings (SSSR count). The van der Waals surface area contributed by atoms with E-state index in [1.807, 2.05) is 24.0 Å². The zero-order valence-corrected chi connectivity index (χ0v) is 13.7. The fraction of sp³-hybridized carbons (Fsp3) is 0.471. The number of anilines is 2. The molecular formula is C17H20N6O. The molecule has 1 atom stereocenters. The Labute approximate surface area is 140 Å². The predicted molar refractivity (Wildman–Crippen MR) is 89.7 cm³/mol. The molecule has 0 unspecified atom stereocenters. The Hall–Kier alpha value is -2.57. The molecule has 2 saturated heterocycles. The first-order valence-electron chi connectivity index (χ1n) is 8.30. The van der Waals surface area contributed by atoms with Crippen LogP contribution in [0.2, 0.25) is 0 Å². The Morgan fingerprint density at radius 3 is 2.67 bits per heavy atom. The summed E-state index contributed by atoms with van der Waals surface area (Å²) in [6.45, 7) is 4.27. The number of hydrogen-bond acceptors (Lipinski definition) is 6. The van der Waals surface area contributed by atoms with E-state index >= 15 is 0 Å². The maximum absolute atomic E-state index is 13.1. The van der Waals surface area contributed by atoms with Crippen LogP contribution in [0, 0.1) is 12.3 Å². The second kappa shape index (κ2) is 5.81. The molecule has 0 aromatic carbocycles. The second-order valence-corrected chi connectivity index (χ2v) is 6.64. The van der Waals surface area contributed by atoms with Crippen LogP contribution < -0.4 is 9.80 Å². The molecule has 7 heteroatoms. The highest BCUT2D eigenvalue weighted by Crippen LogP contribution is 2.42. The summed E-state index contributed by atoms with van der Waals surface area (Å²) in [5, 5.41) is 8.44. The predicted octanol–water partition coefficient (Wildman–Crippen LogP) is 1.60. The molecule has 24 heavy (non-hydrogen) atoms. The lowest BCUT2D eigenvalue weighted by Gasteiger charge is -2.39. The fourth-order valence-corrected chi connectivity index (χ4v) is 3.76. The van der Waals surface area contributed by atoms with Crippen molar-refractivity contribution in [3.63, 3.8) is 0 Å². The monoisotopic (exact) mass is 324 g/mol. The summed E-state index contributed by atoms with van der Waals surface area (Å²) in [5.41, 5.74) is 1.35. The van der Waals surface area contributed by atoms with Gasteiger partial charge in [0.25, 0.3) is 0 Å². The maximum Gasteiger partial charge on any atom is 0.235 e. The highest BCUT2D eigenvalue weighted by atomic mass is 16.2. The number of aromatic nitrogens is 4. The van der Waals surface area contributed by atoms with E-state index < -0.39 is 0 Å². The van der Waals surface area contributed by atoms with Gasteiger partial charge in [-0.25, -0.2) is 9.97 Å². The van der Waals surface area contributed by atoms with Crippen molar-refractivity contribution >= 4 is 17.4 Å². The van der Waals surface area contributed by atoms with E-state index in [4.69, 9.17) is 0 Å². The van der Waals surface area contributed by atoms with Crippen LogP contribution in [0.5, 0.6) is 0 Å². The Bertz CT molecular complexity index is 735. The van der Waals surface area contributed by atoms with Gasteiger partial charge in [0.2, 0.25) is 5.91 Å². The van der Waals surface area contributed by atoms with Gasteiger partial charge in [-0.2, -0.15) is 5.10 Å². The van der Waals surface area contributed by atoms with E-state index in [0.717, 1.165) is 49.6 Å². The van der Waals surface area contributed by atoms with Crippen molar-refractivity contribution in [3.05, 3.63) is 36.5 Å². The van der Waals surface area contributed by atoms with Crippen LogP contribution >= 0.6 is 0 Å². The maximum atomic E-state index is 13.1. The largest absolute Gasteiger partial charge is 0.354 e. The lowest BCUT2D eigenvalue weighted by molar-refractivity contribution is -0.126. The molecule has 0 bridgehead atoms. The first-order chi connectivity index (χ1) is 11.7. The molecule has 4 heterocycles. The van der Waals surface area contributed by atoms with Crippen molar-refractivity contribution in [1.82, 2.24) is 20.2 Å². The molecule has 0 N–H and O–H groups in total. The van der Waals surface area contributed by atoms with Gasteiger partial charge in [-0.1, -0.05) is 0 Å². The molecule has 1 spiro atoms. The van der Waals surface area contributed by atoms with Gasteiger partial charge >= 0.3 is 0 Å². The van der Waals surface area contributed by atoms with Gasteiger partial charge in [0, 0.05) is 19.6 Å². The van der Waals surface area contributed by atoms with Crippen LogP contribution in [0.1, 0.15) is 25.0 Å². The normalized spacial score (nSPS) is 24.0. The Morgan fingerprint density at radius 2 is 1.92 bits per heavy atom. The van der Waals surface area contributed by atoms with Crippen molar-refractivity contribution in [1.29, 1.82) is 0 Å². The molecule has 2 aromatic rings. The number of piperidine rings is 1. The zero-order chi connectivity index (χ0) is 16.6. The van der Waals surface area contributed by atoms with Crippen LogP contribution in [0.25, 0.3) is 0 Å². The third-order valence-electron chi connectivity index (χ3n) is 5.06. The summed E-state index contributed by atoms with van der Waals surface area (Å²) in [6, 6.07) is 3.96. The number of carbonyl (C=O) groups excluding carboxylic acids is 1. The third-order valence-corrected chi connectivity index (χ3v) is 5.06. The Morgan fingerprint density at radius 1 is 1.08 bits per heavy atom. The Kier molecular flexibility index (Phi) is 3.63. The minimum absolute atomic E-state index is 0.182. The van der Waals surface area contributed by atoms with E-state index in [9.17, 15) is 4.79 Å². The molecular weight excluding hydrogens is 304 g/mol. The molecule has 0 saturated carbocycles. The van der Waals surface area contributed by atoms with Gasteiger partial charge in [-0.05, 0) is 38.3 Å². The molecule has 2 aliphatic rings.